The number of fused-ring (bicyclic) bond motifs is 5. The maximum absolute atomic E-state index is 6.94. The molecule has 0 aromatic carbocycles. The minimum absolute atomic E-state index is 0.0842. The van der Waals surface area contributed by atoms with Crippen molar-refractivity contribution in [1.82, 2.24) is 0 Å². The topological polar surface area (TPSA) is 18.5 Å². The zero-order valence-corrected chi connectivity index (χ0v) is 23.4. The maximum Gasteiger partial charge on any atom is 0.184 e. The van der Waals surface area contributed by atoms with Crippen LogP contribution in [-0.4, -0.2) is 28.3 Å². The standard InChI is InChI=1S/C26H48O2Si2/c1-24-15-12-20(27-29(4,5)6)18-19(24)10-11-21-22(24)13-16-25(2)23(21)14-17-26(25,3)28-30(7,8)9/h10,20-23H,11-18H2,1-9H3/t20?,21-,22+,23+,24+,25+,26?/m1/s1. The van der Waals surface area contributed by atoms with E-state index in [2.05, 4.69) is 66.1 Å². The molecule has 4 aliphatic rings. The first-order chi connectivity index (χ1) is 13.7. The Hall–Kier alpha value is 0.0938. The van der Waals surface area contributed by atoms with Crippen molar-refractivity contribution >= 4 is 16.6 Å². The average molecular weight is 449 g/mol. The Balaban J connectivity index is 1.56. The molecule has 30 heavy (non-hydrogen) atoms. The Morgan fingerprint density at radius 3 is 2.13 bits per heavy atom. The maximum atomic E-state index is 6.94. The minimum atomic E-state index is -1.55. The van der Waals surface area contributed by atoms with E-state index in [-0.39, 0.29) is 5.60 Å². The molecule has 0 aromatic heterocycles. The Kier molecular flexibility index (Phi) is 5.66. The predicted molar refractivity (Wildman–Crippen MR) is 133 cm³/mol. The van der Waals surface area contributed by atoms with Crippen LogP contribution in [-0.2, 0) is 8.85 Å². The molecule has 4 heteroatoms. The van der Waals surface area contributed by atoms with Crippen LogP contribution in [0.5, 0.6) is 0 Å². The third-order valence-electron chi connectivity index (χ3n) is 9.64. The molecule has 172 valence electrons. The first kappa shape index (κ1) is 23.3. The molecule has 7 atom stereocenters. The van der Waals surface area contributed by atoms with Gasteiger partial charge in [-0.2, -0.15) is 0 Å². The molecule has 3 fully saturated rings. The van der Waals surface area contributed by atoms with Crippen molar-refractivity contribution in [2.45, 2.75) is 123 Å². The smallest absolute Gasteiger partial charge is 0.184 e. The first-order valence-electron chi connectivity index (χ1n) is 12.7. The van der Waals surface area contributed by atoms with Crippen molar-refractivity contribution in [3.63, 3.8) is 0 Å². The van der Waals surface area contributed by atoms with Crippen LogP contribution in [0.2, 0.25) is 39.3 Å². The molecular formula is C26H48O2Si2. The van der Waals surface area contributed by atoms with Crippen molar-refractivity contribution in [3.8, 4) is 0 Å². The third kappa shape index (κ3) is 3.86. The van der Waals surface area contributed by atoms with Crippen LogP contribution in [0.4, 0.5) is 0 Å². The van der Waals surface area contributed by atoms with Gasteiger partial charge in [0.15, 0.2) is 16.6 Å². The molecule has 0 spiro atoms. The van der Waals surface area contributed by atoms with Gasteiger partial charge in [0.05, 0.1) is 5.60 Å². The van der Waals surface area contributed by atoms with E-state index in [9.17, 15) is 0 Å². The first-order valence-corrected chi connectivity index (χ1v) is 19.6. The monoisotopic (exact) mass is 448 g/mol. The van der Waals surface area contributed by atoms with E-state index in [1.54, 1.807) is 5.57 Å². The second kappa shape index (κ2) is 7.30. The van der Waals surface area contributed by atoms with Gasteiger partial charge < -0.3 is 8.85 Å². The summed E-state index contributed by atoms with van der Waals surface area (Å²) >= 11 is 0. The Morgan fingerprint density at radius 1 is 0.833 bits per heavy atom. The second-order valence-corrected chi connectivity index (χ2v) is 22.7. The summed E-state index contributed by atoms with van der Waals surface area (Å²) in [6, 6.07) is 0. The van der Waals surface area contributed by atoms with Gasteiger partial charge in [0.1, 0.15) is 0 Å². The van der Waals surface area contributed by atoms with Crippen LogP contribution >= 0.6 is 0 Å². The molecule has 0 N–H and O–H groups in total. The lowest BCUT2D eigenvalue weighted by Gasteiger charge is -2.60. The molecule has 0 bridgehead atoms. The summed E-state index contributed by atoms with van der Waals surface area (Å²) in [6.45, 7) is 21.8. The lowest BCUT2D eigenvalue weighted by molar-refractivity contribution is -0.106. The van der Waals surface area contributed by atoms with Crippen molar-refractivity contribution in [1.29, 1.82) is 0 Å². The van der Waals surface area contributed by atoms with E-state index in [4.69, 9.17) is 8.85 Å². The van der Waals surface area contributed by atoms with Crippen LogP contribution in [0.15, 0.2) is 11.6 Å². The van der Waals surface area contributed by atoms with Crippen molar-refractivity contribution in [2.75, 3.05) is 0 Å². The summed E-state index contributed by atoms with van der Waals surface area (Å²) in [6.07, 6.45) is 13.7. The normalized spacial score (nSPS) is 46.6. The van der Waals surface area contributed by atoms with Gasteiger partial charge >= 0.3 is 0 Å². The molecule has 2 nitrogen and oxygen atoms in total. The summed E-state index contributed by atoms with van der Waals surface area (Å²) in [5.41, 5.74) is 2.61. The highest BCUT2D eigenvalue weighted by Gasteiger charge is 2.63. The van der Waals surface area contributed by atoms with Gasteiger partial charge in [0, 0.05) is 6.10 Å². The van der Waals surface area contributed by atoms with Gasteiger partial charge in [0.25, 0.3) is 0 Å². The number of allylic oxidation sites excluding steroid dienone is 1. The summed E-state index contributed by atoms with van der Waals surface area (Å²) in [5.74, 6) is 2.57. The van der Waals surface area contributed by atoms with Gasteiger partial charge in [-0.25, -0.2) is 0 Å². The van der Waals surface area contributed by atoms with Crippen molar-refractivity contribution in [2.24, 2.45) is 28.6 Å². The van der Waals surface area contributed by atoms with Crippen molar-refractivity contribution < 1.29 is 8.85 Å². The van der Waals surface area contributed by atoms with Crippen molar-refractivity contribution in [3.05, 3.63) is 11.6 Å². The third-order valence-corrected chi connectivity index (χ3v) is 11.7. The van der Waals surface area contributed by atoms with E-state index >= 15 is 0 Å². The van der Waals surface area contributed by atoms with E-state index < -0.39 is 16.6 Å². The molecule has 0 saturated heterocycles. The van der Waals surface area contributed by atoms with Gasteiger partial charge in [-0.3, -0.25) is 0 Å². The van der Waals surface area contributed by atoms with Gasteiger partial charge in [0.2, 0.25) is 0 Å². The fourth-order valence-corrected chi connectivity index (χ4v) is 11.2. The molecule has 2 unspecified atom stereocenters. The van der Waals surface area contributed by atoms with Crippen LogP contribution in [0.25, 0.3) is 0 Å². The van der Waals surface area contributed by atoms with E-state index in [0.29, 0.717) is 16.9 Å². The summed E-state index contributed by atoms with van der Waals surface area (Å²) < 4.78 is 13.5. The quantitative estimate of drug-likeness (QED) is 0.323. The molecule has 4 rings (SSSR count). The Morgan fingerprint density at radius 2 is 1.50 bits per heavy atom. The SMILES string of the molecule is CC1(O[Si](C)(C)C)CC[C@H]2[C@@H]3CC=C4CC(O[Si](C)(C)C)CC[C@]4(C)[C@H]3CC[C@@]21C. The molecular weight excluding hydrogens is 400 g/mol. The fraction of sp³-hybridized carbons (Fsp3) is 0.923. The van der Waals surface area contributed by atoms with E-state index in [1.807, 2.05) is 0 Å². The van der Waals surface area contributed by atoms with Crippen LogP contribution < -0.4 is 0 Å². The molecule has 0 amide bonds. The zero-order valence-electron chi connectivity index (χ0n) is 21.4. The average Bonchev–Trinajstić information content (AvgIpc) is 2.83. The lowest BCUT2D eigenvalue weighted by Crippen LogP contribution is -2.56. The second-order valence-electron chi connectivity index (χ2n) is 13.8. The highest BCUT2D eigenvalue weighted by Crippen LogP contribution is 2.68. The highest BCUT2D eigenvalue weighted by atomic mass is 28.4. The predicted octanol–water partition coefficient (Wildman–Crippen LogP) is 7.78. The molecule has 0 aromatic rings. The largest absolute Gasteiger partial charge is 0.414 e. The Labute approximate surface area is 188 Å². The minimum Gasteiger partial charge on any atom is -0.414 e. The molecule has 0 radical (unpaired) electrons. The van der Waals surface area contributed by atoms with Gasteiger partial charge in [-0.15, -0.1) is 0 Å². The van der Waals surface area contributed by atoms with Gasteiger partial charge in [-0.1, -0.05) is 25.5 Å². The molecule has 4 aliphatic carbocycles. The van der Waals surface area contributed by atoms with Crippen LogP contribution in [0, 0.1) is 28.6 Å². The molecule has 3 saturated carbocycles. The molecule has 0 heterocycles. The lowest BCUT2D eigenvalue weighted by atomic mass is 9.47. The summed E-state index contributed by atoms with van der Waals surface area (Å²) in [5, 5.41) is 0. The van der Waals surface area contributed by atoms with E-state index in [0.717, 1.165) is 17.8 Å². The molecule has 0 aliphatic heterocycles. The number of rotatable bonds is 4. The number of hydrogen-bond donors (Lipinski definition) is 0. The van der Waals surface area contributed by atoms with Crippen LogP contribution in [0.1, 0.15) is 72.1 Å². The highest BCUT2D eigenvalue weighted by molar-refractivity contribution is 6.70. The van der Waals surface area contributed by atoms with Crippen LogP contribution in [0.3, 0.4) is 0 Å². The summed E-state index contributed by atoms with van der Waals surface area (Å²) in [4.78, 5) is 0. The van der Waals surface area contributed by atoms with E-state index in [1.165, 1.54) is 51.4 Å². The van der Waals surface area contributed by atoms with Gasteiger partial charge in [-0.05, 0) is 126 Å². The Bertz CT molecular complexity index is 705. The zero-order chi connectivity index (χ0) is 22.2. The summed E-state index contributed by atoms with van der Waals surface area (Å²) in [7, 11) is -3.02. The number of hydrogen-bond acceptors (Lipinski definition) is 2. The fourth-order valence-electron chi connectivity index (χ4n) is 8.30.